The smallest absolute Gasteiger partial charge is 0.150 e. The van der Waals surface area contributed by atoms with Gasteiger partial charge in [-0.3, -0.25) is 4.68 Å². The van der Waals surface area contributed by atoms with Crippen molar-refractivity contribution in [1.82, 2.24) is 9.78 Å². The van der Waals surface area contributed by atoms with Crippen molar-refractivity contribution < 1.29 is 8.42 Å². The van der Waals surface area contributed by atoms with Crippen LogP contribution < -0.4 is 0 Å². The molecule has 2 unspecified atom stereocenters. The number of aryl methyl sites for hydroxylation is 2. The molecule has 0 spiro atoms. The highest BCUT2D eigenvalue weighted by atomic mass is 35.5. The number of rotatable bonds is 6. The van der Waals surface area contributed by atoms with Gasteiger partial charge in [0.25, 0.3) is 0 Å². The fourth-order valence-electron chi connectivity index (χ4n) is 3.00. The van der Waals surface area contributed by atoms with Crippen LogP contribution in [0.2, 0.25) is 5.02 Å². The molecule has 2 heterocycles. The van der Waals surface area contributed by atoms with E-state index in [2.05, 4.69) is 5.10 Å². The van der Waals surface area contributed by atoms with Gasteiger partial charge in [-0.1, -0.05) is 18.5 Å². The Labute approximate surface area is 136 Å². The second-order valence-corrected chi connectivity index (χ2v) is 8.57. The van der Waals surface area contributed by atoms with E-state index in [4.69, 9.17) is 23.2 Å². The third-order valence-electron chi connectivity index (χ3n) is 4.28. The minimum atomic E-state index is -2.88. The molecule has 7 heteroatoms. The Kier molecular flexibility index (Phi) is 5.60. The number of hydrogen-bond acceptors (Lipinski definition) is 3. The first-order chi connectivity index (χ1) is 9.91. The Bertz CT molecular complexity index is 598. The summed E-state index contributed by atoms with van der Waals surface area (Å²) in [4.78, 5) is 0. The first-order valence-corrected chi connectivity index (χ1v) is 10.2. The molecule has 1 fully saturated rings. The second kappa shape index (κ2) is 6.88. The van der Waals surface area contributed by atoms with Crippen LogP contribution in [0.3, 0.4) is 0 Å². The van der Waals surface area contributed by atoms with E-state index < -0.39 is 9.84 Å². The Morgan fingerprint density at radius 1 is 1.43 bits per heavy atom. The lowest BCUT2D eigenvalue weighted by atomic mass is 9.89. The van der Waals surface area contributed by atoms with Crippen molar-refractivity contribution >= 4 is 33.0 Å². The standard InChI is InChI=1S/C14H22Cl2N2O2S/c1-3-12-14(16)13(18(4-2)17-12)7-11(8-15)10-5-6-21(19,20)9-10/h10-11H,3-9H2,1-2H3. The molecule has 0 bridgehead atoms. The zero-order valence-electron chi connectivity index (χ0n) is 12.5. The average Bonchev–Trinajstić information content (AvgIpc) is 2.96. The molecule has 0 saturated carbocycles. The van der Waals surface area contributed by atoms with Gasteiger partial charge in [-0.2, -0.15) is 5.10 Å². The van der Waals surface area contributed by atoms with E-state index in [1.54, 1.807) is 0 Å². The van der Waals surface area contributed by atoms with E-state index in [1.165, 1.54) is 0 Å². The molecule has 120 valence electrons. The molecule has 1 saturated heterocycles. The summed E-state index contributed by atoms with van der Waals surface area (Å²) in [6, 6.07) is 0. The van der Waals surface area contributed by atoms with E-state index in [-0.39, 0.29) is 23.3 Å². The largest absolute Gasteiger partial charge is 0.268 e. The first-order valence-electron chi connectivity index (χ1n) is 7.42. The van der Waals surface area contributed by atoms with Crippen LogP contribution >= 0.6 is 23.2 Å². The van der Waals surface area contributed by atoms with Crippen molar-refractivity contribution in [3.05, 3.63) is 16.4 Å². The molecule has 0 N–H and O–H groups in total. The Morgan fingerprint density at radius 2 is 2.14 bits per heavy atom. The first kappa shape index (κ1) is 17.1. The molecule has 1 aliphatic rings. The number of aromatic nitrogens is 2. The molecule has 2 rings (SSSR count). The van der Waals surface area contributed by atoms with Crippen LogP contribution in [-0.2, 0) is 29.2 Å². The number of nitrogens with zero attached hydrogens (tertiary/aromatic N) is 2. The lowest BCUT2D eigenvalue weighted by molar-refractivity contribution is 0.387. The molecule has 2 atom stereocenters. The Morgan fingerprint density at radius 3 is 2.62 bits per heavy atom. The van der Waals surface area contributed by atoms with Crippen LogP contribution in [0.4, 0.5) is 0 Å². The zero-order valence-corrected chi connectivity index (χ0v) is 14.8. The maximum Gasteiger partial charge on any atom is 0.150 e. The Balaban J connectivity index is 2.21. The molecule has 1 aliphatic heterocycles. The minimum Gasteiger partial charge on any atom is -0.268 e. The number of alkyl halides is 1. The summed E-state index contributed by atoms with van der Waals surface area (Å²) in [6.07, 6.45) is 2.20. The van der Waals surface area contributed by atoms with Gasteiger partial charge in [0.15, 0.2) is 9.84 Å². The van der Waals surface area contributed by atoms with Crippen molar-refractivity contribution in [2.24, 2.45) is 11.8 Å². The Hall–Kier alpha value is -0.260. The summed E-state index contributed by atoms with van der Waals surface area (Å²) < 4.78 is 25.3. The highest BCUT2D eigenvalue weighted by molar-refractivity contribution is 7.91. The number of halogens is 2. The van der Waals surface area contributed by atoms with Crippen molar-refractivity contribution in [2.45, 2.75) is 39.7 Å². The summed E-state index contributed by atoms with van der Waals surface area (Å²) in [7, 11) is -2.88. The van der Waals surface area contributed by atoms with Crippen molar-refractivity contribution in [3.63, 3.8) is 0 Å². The number of sulfone groups is 1. The predicted octanol–water partition coefficient (Wildman–Crippen LogP) is 2.95. The second-order valence-electron chi connectivity index (χ2n) is 5.66. The highest BCUT2D eigenvalue weighted by Crippen LogP contribution is 2.32. The molecular formula is C14H22Cl2N2O2S. The van der Waals surface area contributed by atoms with Gasteiger partial charge in [-0.05, 0) is 38.0 Å². The minimum absolute atomic E-state index is 0.133. The predicted molar refractivity (Wildman–Crippen MR) is 87.0 cm³/mol. The summed E-state index contributed by atoms with van der Waals surface area (Å²) in [5.41, 5.74) is 1.90. The van der Waals surface area contributed by atoms with E-state index in [1.807, 2.05) is 18.5 Å². The van der Waals surface area contributed by atoms with Crippen LogP contribution in [0, 0.1) is 11.8 Å². The lowest BCUT2D eigenvalue weighted by Crippen LogP contribution is -2.22. The fraction of sp³-hybridized carbons (Fsp3) is 0.786. The molecule has 1 aromatic rings. The van der Waals surface area contributed by atoms with Gasteiger partial charge in [0.05, 0.1) is 27.9 Å². The maximum atomic E-state index is 11.7. The van der Waals surface area contributed by atoms with Gasteiger partial charge in [0.2, 0.25) is 0 Å². The highest BCUT2D eigenvalue weighted by Gasteiger charge is 2.34. The average molecular weight is 353 g/mol. The van der Waals surface area contributed by atoms with E-state index in [0.29, 0.717) is 18.7 Å². The lowest BCUT2D eigenvalue weighted by Gasteiger charge is -2.20. The van der Waals surface area contributed by atoms with Crippen LogP contribution in [0.25, 0.3) is 0 Å². The quantitative estimate of drug-likeness (QED) is 0.739. The maximum absolute atomic E-state index is 11.7. The summed E-state index contributed by atoms with van der Waals surface area (Å²) in [5.74, 6) is 1.25. The summed E-state index contributed by atoms with van der Waals surface area (Å²) >= 11 is 12.5. The van der Waals surface area contributed by atoms with Gasteiger partial charge in [0, 0.05) is 12.4 Å². The molecule has 0 amide bonds. The number of hydrogen-bond donors (Lipinski definition) is 0. The normalized spacial score (nSPS) is 22.6. The fourth-order valence-corrected chi connectivity index (χ4v) is 5.63. The van der Waals surface area contributed by atoms with Gasteiger partial charge in [0.1, 0.15) is 0 Å². The third kappa shape index (κ3) is 3.74. The third-order valence-corrected chi connectivity index (χ3v) is 6.91. The van der Waals surface area contributed by atoms with E-state index in [0.717, 1.165) is 29.4 Å². The SMILES string of the molecule is CCc1nn(CC)c(CC(CCl)C2CCS(=O)(=O)C2)c1Cl. The molecule has 0 radical (unpaired) electrons. The van der Waals surface area contributed by atoms with Crippen LogP contribution in [-0.4, -0.2) is 35.6 Å². The van der Waals surface area contributed by atoms with Crippen molar-refractivity contribution in [3.8, 4) is 0 Å². The summed E-state index contributed by atoms with van der Waals surface area (Å²) in [5, 5.41) is 5.23. The molecule has 21 heavy (non-hydrogen) atoms. The van der Waals surface area contributed by atoms with Crippen LogP contribution in [0.5, 0.6) is 0 Å². The van der Waals surface area contributed by atoms with Gasteiger partial charge in [-0.15, -0.1) is 11.6 Å². The van der Waals surface area contributed by atoms with E-state index in [9.17, 15) is 8.42 Å². The molecule has 0 aliphatic carbocycles. The van der Waals surface area contributed by atoms with Crippen molar-refractivity contribution in [1.29, 1.82) is 0 Å². The van der Waals surface area contributed by atoms with Crippen LogP contribution in [0.15, 0.2) is 0 Å². The molecule has 1 aromatic heterocycles. The van der Waals surface area contributed by atoms with E-state index >= 15 is 0 Å². The molecule has 4 nitrogen and oxygen atoms in total. The molecule has 0 aromatic carbocycles. The topological polar surface area (TPSA) is 52.0 Å². The van der Waals surface area contributed by atoms with Crippen LogP contribution in [0.1, 0.15) is 31.7 Å². The van der Waals surface area contributed by atoms with Gasteiger partial charge in [-0.25, -0.2) is 8.42 Å². The monoisotopic (exact) mass is 352 g/mol. The zero-order chi connectivity index (χ0) is 15.6. The summed E-state index contributed by atoms with van der Waals surface area (Å²) in [6.45, 7) is 4.82. The van der Waals surface area contributed by atoms with Gasteiger partial charge < -0.3 is 0 Å². The molecular weight excluding hydrogens is 331 g/mol. The van der Waals surface area contributed by atoms with Crippen molar-refractivity contribution in [2.75, 3.05) is 17.4 Å². The van der Waals surface area contributed by atoms with Gasteiger partial charge >= 0.3 is 0 Å².